The number of rotatable bonds is 5. The highest BCUT2D eigenvalue weighted by molar-refractivity contribution is 5.81. The SMILES string of the molecule is CCCN(C(=O)Cn1c(C)nc2ccccc21)[C@@H]1COC[C@@H](O)[C@H]1O. The molecule has 1 aliphatic heterocycles. The Morgan fingerprint density at radius 2 is 2.12 bits per heavy atom. The fourth-order valence-electron chi connectivity index (χ4n) is 3.38. The van der Waals surface area contributed by atoms with Gasteiger partial charge in [0.2, 0.25) is 5.91 Å². The third kappa shape index (κ3) is 3.53. The number of amides is 1. The van der Waals surface area contributed by atoms with Crippen molar-refractivity contribution in [2.45, 2.75) is 45.1 Å². The fraction of sp³-hybridized carbons (Fsp3) is 0.556. The molecule has 1 amide bonds. The molecule has 1 saturated heterocycles. The fourth-order valence-corrected chi connectivity index (χ4v) is 3.38. The van der Waals surface area contributed by atoms with E-state index in [-0.39, 0.29) is 25.7 Å². The van der Waals surface area contributed by atoms with Crippen molar-refractivity contribution in [2.24, 2.45) is 0 Å². The van der Waals surface area contributed by atoms with E-state index in [2.05, 4.69) is 4.98 Å². The lowest BCUT2D eigenvalue weighted by atomic mass is 10.0. The largest absolute Gasteiger partial charge is 0.388 e. The first kappa shape index (κ1) is 17.8. The van der Waals surface area contributed by atoms with Crippen molar-refractivity contribution in [1.29, 1.82) is 0 Å². The molecule has 0 saturated carbocycles. The highest BCUT2D eigenvalue weighted by Gasteiger charge is 2.37. The molecule has 0 bridgehead atoms. The number of carbonyl (C=O) groups is 1. The summed E-state index contributed by atoms with van der Waals surface area (Å²) in [5.74, 6) is 0.654. The average molecular weight is 347 g/mol. The van der Waals surface area contributed by atoms with Gasteiger partial charge in [-0.25, -0.2) is 4.98 Å². The molecule has 1 aromatic carbocycles. The van der Waals surface area contributed by atoms with E-state index in [9.17, 15) is 15.0 Å². The number of aliphatic hydroxyl groups is 2. The number of hydrogen-bond acceptors (Lipinski definition) is 5. The summed E-state index contributed by atoms with van der Waals surface area (Å²) in [5, 5.41) is 20.2. The molecular weight excluding hydrogens is 322 g/mol. The maximum atomic E-state index is 13.0. The molecule has 0 radical (unpaired) electrons. The Morgan fingerprint density at radius 1 is 1.36 bits per heavy atom. The van der Waals surface area contributed by atoms with Gasteiger partial charge in [-0.05, 0) is 25.5 Å². The Balaban J connectivity index is 1.84. The maximum absolute atomic E-state index is 13.0. The van der Waals surface area contributed by atoms with E-state index in [1.807, 2.05) is 42.7 Å². The molecule has 3 rings (SSSR count). The summed E-state index contributed by atoms with van der Waals surface area (Å²) in [7, 11) is 0. The zero-order chi connectivity index (χ0) is 18.0. The van der Waals surface area contributed by atoms with E-state index in [1.165, 1.54) is 0 Å². The van der Waals surface area contributed by atoms with Crippen LogP contribution >= 0.6 is 0 Å². The molecule has 7 heteroatoms. The highest BCUT2D eigenvalue weighted by Crippen LogP contribution is 2.19. The number of benzene rings is 1. The third-order valence-corrected chi connectivity index (χ3v) is 4.69. The van der Waals surface area contributed by atoms with Gasteiger partial charge in [0.15, 0.2) is 0 Å². The lowest BCUT2D eigenvalue weighted by Crippen LogP contribution is -2.58. The molecule has 2 heterocycles. The number of aliphatic hydroxyl groups excluding tert-OH is 2. The molecule has 25 heavy (non-hydrogen) atoms. The molecule has 3 atom stereocenters. The predicted molar refractivity (Wildman–Crippen MR) is 93.1 cm³/mol. The van der Waals surface area contributed by atoms with Gasteiger partial charge < -0.3 is 24.4 Å². The molecule has 136 valence electrons. The molecule has 1 aromatic heterocycles. The van der Waals surface area contributed by atoms with Crippen molar-refractivity contribution in [1.82, 2.24) is 14.5 Å². The van der Waals surface area contributed by atoms with Gasteiger partial charge in [-0.1, -0.05) is 19.1 Å². The summed E-state index contributed by atoms with van der Waals surface area (Å²) in [6.45, 7) is 4.82. The second kappa shape index (κ2) is 7.51. The van der Waals surface area contributed by atoms with Gasteiger partial charge in [-0.2, -0.15) is 0 Å². The van der Waals surface area contributed by atoms with Crippen LogP contribution in [-0.4, -0.2) is 68.6 Å². The van der Waals surface area contributed by atoms with Crippen LogP contribution in [0, 0.1) is 6.92 Å². The number of aryl methyl sites for hydroxylation is 1. The minimum absolute atomic E-state index is 0.0943. The zero-order valence-corrected chi connectivity index (χ0v) is 14.6. The average Bonchev–Trinajstić information content (AvgIpc) is 2.91. The van der Waals surface area contributed by atoms with E-state index in [4.69, 9.17) is 4.74 Å². The summed E-state index contributed by atoms with van der Waals surface area (Å²) in [4.78, 5) is 19.1. The van der Waals surface area contributed by atoms with Crippen LogP contribution in [0.5, 0.6) is 0 Å². The summed E-state index contributed by atoms with van der Waals surface area (Å²) in [6, 6.07) is 7.16. The van der Waals surface area contributed by atoms with Crippen molar-refractivity contribution in [3.63, 3.8) is 0 Å². The molecule has 2 N–H and O–H groups in total. The van der Waals surface area contributed by atoms with Crippen LogP contribution in [0.4, 0.5) is 0 Å². The number of aromatic nitrogens is 2. The minimum Gasteiger partial charge on any atom is -0.388 e. The quantitative estimate of drug-likeness (QED) is 0.831. The van der Waals surface area contributed by atoms with Crippen molar-refractivity contribution >= 4 is 16.9 Å². The summed E-state index contributed by atoms with van der Waals surface area (Å²) < 4.78 is 7.23. The molecular formula is C18H25N3O4. The minimum atomic E-state index is -0.995. The number of fused-ring (bicyclic) bond motifs is 1. The number of imidazole rings is 1. The third-order valence-electron chi connectivity index (χ3n) is 4.69. The lowest BCUT2D eigenvalue weighted by Gasteiger charge is -2.39. The van der Waals surface area contributed by atoms with Gasteiger partial charge in [0, 0.05) is 6.54 Å². The highest BCUT2D eigenvalue weighted by atomic mass is 16.5. The summed E-state index contributed by atoms with van der Waals surface area (Å²) in [5.41, 5.74) is 1.76. The Kier molecular flexibility index (Phi) is 5.36. The van der Waals surface area contributed by atoms with Gasteiger partial charge in [-0.15, -0.1) is 0 Å². The van der Waals surface area contributed by atoms with Crippen LogP contribution in [0.25, 0.3) is 11.0 Å². The van der Waals surface area contributed by atoms with E-state index in [0.29, 0.717) is 6.54 Å². The van der Waals surface area contributed by atoms with Crippen LogP contribution in [0.1, 0.15) is 19.2 Å². The number of para-hydroxylation sites is 2. The van der Waals surface area contributed by atoms with Crippen LogP contribution in [0.15, 0.2) is 24.3 Å². The Morgan fingerprint density at radius 3 is 2.88 bits per heavy atom. The smallest absolute Gasteiger partial charge is 0.242 e. The van der Waals surface area contributed by atoms with E-state index in [0.717, 1.165) is 23.3 Å². The van der Waals surface area contributed by atoms with Crippen LogP contribution in [0.2, 0.25) is 0 Å². The molecule has 0 aliphatic carbocycles. The van der Waals surface area contributed by atoms with E-state index < -0.39 is 18.2 Å². The first-order valence-electron chi connectivity index (χ1n) is 8.68. The van der Waals surface area contributed by atoms with Crippen molar-refractivity contribution in [3.8, 4) is 0 Å². The Bertz CT molecular complexity index is 745. The molecule has 0 unspecified atom stereocenters. The van der Waals surface area contributed by atoms with Gasteiger partial charge in [-0.3, -0.25) is 4.79 Å². The van der Waals surface area contributed by atoms with E-state index in [1.54, 1.807) is 4.90 Å². The van der Waals surface area contributed by atoms with Gasteiger partial charge in [0.1, 0.15) is 24.6 Å². The first-order valence-corrected chi connectivity index (χ1v) is 8.68. The zero-order valence-electron chi connectivity index (χ0n) is 14.6. The van der Waals surface area contributed by atoms with Crippen molar-refractivity contribution in [3.05, 3.63) is 30.1 Å². The molecule has 0 spiro atoms. The maximum Gasteiger partial charge on any atom is 0.242 e. The van der Waals surface area contributed by atoms with Crippen LogP contribution < -0.4 is 0 Å². The normalized spacial score (nSPS) is 23.8. The number of nitrogens with zero attached hydrogens (tertiary/aromatic N) is 3. The molecule has 2 aromatic rings. The molecule has 7 nitrogen and oxygen atoms in total. The standard InChI is InChI=1S/C18H25N3O4/c1-3-8-20(15-10-25-11-16(22)18(15)24)17(23)9-21-12(2)19-13-6-4-5-7-14(13)21/h4-7,15-16,18,22,24H,3,8-11H2,1-2H3/t15-,16-,18+/m1/s1. The van der Waals surface area contributed by atoms with Gasteiger partial charge in [0.25, 0.3) is 0 Å². The Labute approximate surface area is 146 Å². The lowest BCUT2D eigenvalue weighted by molar-refractivity contribution is -0.156. The second-order valence-corrected chi connectivity index (χ2v) is 6.48. The first-order chi connectivity index (χ1) is 12.0. The van der Waals surface area contributed by atoms with Gasteiger partial charge in [0.05, 0.1) is 30.3 Å². The van der Waals surface area contributed by atoms with Crippen molar-refractivity contribution in [2.75, 3.05) is 19.8 Å². The van der Waals surface area contributed by atoms with Crippen LogP contribution in [0.3, 0.4) is 0 Å². The Hall–Kier alpha value is -1.96. The predicted octanol–water partition coefficient (Wildman–Crippen LogP) is 0.704. The summed E-state index contributed by atoms with van der Waals surface area (Å²) in [6.07, 6.45) is -1.21. The number of ether oxygens (including phenoxy) is 1. The van der Waals surface area contributed by atoms with E-state index >= 15 is 0 Å². The van der Waals surface area contributed by atoms with Gasteiger partial charge >= 0.3 is 0 Å². The van der Waals surface area contributed by atoms with Crippen LogP contribution in [-0.2, 0) is 16.1 Å². The number of hydrogen-bond donors (Lipinski definition) is 2. The second-order valence-electron chi connectivity index (χ2n) is 6.48. The van der Waals surface area contributed by atoms with Crippen molar-refractivity contribution < 1.29 is 19.7 Å². The molecule has 1 fully saturated rings. The monoisotopic (exact) mass is 347 g/mol. The summed E-state index contributed by atoms with van der Waals surface area (Å²) >= 11 is 0. The molecule has 1 aliphatic rings. The number of carbonyl (C=O) groups excluding carboxylic acids is 1. The topological polar surface area (TPSA) is 87.8 Å².